The maximum absolute atomic E-state index is 13.1. The summed E-state index contributed by atoms with van der Waals surface area (Å²) in [5.74, 6) is 0.755. The lowest BCUT2D eigenvalue weighted by molar-refractivity contribution is -0.134. The van der Waals surface area contributed by atoms with Crippen molar-refractivity contribution in [3.63, 3.8) is 0 Å². The Morgan fingerprint density at radius 3 is 2.81 bits per heavy atom. The zero-order valence-corrected chi connectivity index (χ0v) is 18.9. The maximum atomic E-state index is 13.1. The Morgan fingerprint density at radius 2 is 2.00 bits per heavy atom. The highest BCUT2D eigenvalue weighted by Crippen LogP contribution is 2.30. The van der Waals surface area contributed by atoms with Gasteiger partial charge >= 0.3 is 0 Å². The molecule has 0 spiro atoms. The molecule has 166 valence electrons. The number of thiophene rings is 1. The molecule has 1 saturated heterocycles. The van der Waals surface area contributed by atoms with Gasteiger partial charge in [-0.05, 0) is 36.3 Å². The van der Waals surface area contributed by atoms with Crippen LogP contribution in [-0.4, -0.2) is 38.8 Å². The van der Waals surface area contributed by atoms with Crippen LogP contribution in [0.1, 0.15) is 52.8 Å². The van der Waals surface area contributed by atoms with E-state index in [0.29, 0.717) is 25.3 Å². The summed E-state index contributed by atoms with van der Waals surface area (Å²) >= 11 is 1.75. The number of nitrogens with one attached hydrogen (secondary N) is 1. The maximum Gasteiger partial charge on any atom is 0.255 e. The van der Waals surface area contributed by atoms with Crippen LogP contribution in [0, 0.1) is 0 Å². The van der Waals surface area contributed by atoms with Crippen LogP contribution in [0.15, 0.2) is 52.6 Å². The number of fused-ring (bicyclic) bond motifs is 1. The molecular weight excluding hydrogens is 420 g/mol. The molecule has 2 aliphatic rings. The SMILES string of the molecule is O=C(Cc1ccccc1)N1CCCC[C@@H]1c1nc2c(c(=O)[nH]1)CN(Cc1cccs1)CC2. The fourth-order valence-corrected chi connectivity index (χ4v) is 5.55. The van der Waals surface area contributed by atoms with Gasteiger partial charge in [0.2, 0.25) is 5.91 Å². The molecule has 1 N–H and O–H groups in total. The van der Waals surface area contributed by atoms with Gasteiger partial charge in [-0.3, -0.25) is 14.5 Å². The molecule has 0 unspecified atom stereocenters. The lowest BCUT2D eigenvalue weighted by atomic mass is 9.99. The van der Waals surface area contributed by atoms with Crippen LogP contribution in [-0.2, 0) is 30.7 Å². The quantitative estimate of drug-likeness (QED) is 0.646. The number of aromatic nitrogens is 2. The van der Waals surface area contributed by atoms with E-state index >= 15 is 0 Å². The Hall–Kier alpha value is -2.77. The zero-order chi connectivity index (χ0) is 21.9. The number of carbonyl (C=O) groups excluding carboxylic acids is 1. The minimum Gasteiger partial charge on any atom is -0.332 e. The van der Waals surface area contributed by atoms with E-state index in [1.54, 1.807) is 11.3 Å². The number of carbonyl (C=O) groups is 1. The second-order valence-electron chi connectivity index (χ2n) is 8.68. The van der Waals surface area contributed by atoms with Crippen LogP contribution in [0.3, 0.4) is 0 Å². The first-order valence-electron chi connectivity index (χ1n) is 11.4. The van der Waals surface area contributed by atoms with Gasteiger partial charge in [0.15, 0.2) is 0 Å². The minimum absolute atomic E-state index is 0.0538. The van der Waals surface area contributed by atoms with Gasteiger partial charge in [0, 0.05) is 37.5 Å². The highest BCUT2D eigenvalue weighted by Gasteiger charge is 2.31. The molecule has 7 heteroatoms. The molecule has 2 aliphatic heterocycles. The molecule has 0 aliphatic carbocycles. The molecule has 0 radical (unpaired) electrons. The van der Waals surface area contributed by atoms with Gasteiger partial charge in [-0.1, -0.05) is 36.4 Å². The topological polar surface area (TPSA) is 69.3 Å². The Labute approximate surface area is 191 Å². The molecule has 6 nitrogen and oxygen atoms in total. The number of nitrogens with zero attached hydrogens (tertiary/aromatic N) is 3. The van der Waals surface area contributed by atoms with Crippen molar-refractivity contribution in [2.24, 2.45) is 0 Å². The van der Waals surface area contributed by atoms with Crippen molar-refractivity contribution in [3.8, 4) is 0 Å². The molecule has 1 atom stereocenters. The number of likely N-dealkylation sites (tertiary alicyclic amines) is 1. The highest BCUT2D eigenvalue weighted by molar-refractivity contribution is 7.09. The van der Waals surface area contributed by atoms with Crippen LogP contribution in [0.5, 0.6) is 0 Å². The smallest absolute Gasteiger partial charge is 0.255 e. The third-order valence-corrected chi connectivity index (χ3v) is 7.32. The minimum atomic E-state index is -0.151. The first kappa shape index (κ1) is 21.1. The fourth-order valence-electron chi connectivity index (χ4n) is 4.80. The van der Waals surface area contributed by atoms with Crippen molar-refractivity contribution in [2.75, 3.05) is 13.1 Å². The summed E-state index contributed by atoms with van der Waals surface area (Å²) in [5.41, 5.74) is 2.63. The fraction of sp³-hybridized carbons (Fsp3) is 0.400. The predicted molar refractivity (Wildman–Crippen MR) is 125 cm³/mol. The second kappa shape index (κ2) is 9.38. The van der Waals surface area contributed by atoms with Crippen LogP contribution in [0.25, 0.3) is 0 Å². The number of benzene rings is 1. The standard InChI is InChI=1S/C25H28N4O2S/c30-23(15-18-7-2-1-3-8-18)29-12-5-4-10-22(29)24-26-21-11-13-28(16-19-9-6-14-32-19)17-20(21)25(31)27-24/h1-3,6-9,14,22H,4-5,10-13,15-17H2,(H,26,27,31)/t22-/m1/s1. The van der Waals surface area contributed by atoms with Gasteiger partial charge in [0.1, 0.15) is 5.82 Å². The van der Waals surface area contributed by atoms with Crippen molar-refractivity contribution < 1.29 is 4.79 Å². The lowest BCUT2D eigenvalue weighted by Gasteiger charge is -2.36. The summed E-state index contributed by atoms with van der Waals surface area (Å²) in [4.78, 5) is 39.6. The molecule has 1 fully saturated rings. The number of H-pyrrole nitrogens is 1. The van der Waals surface area contributed by atoms with Gasteiger partial charge in [-0.15, -0.1) is 11.3 Å². The lowest BCUT2D eigenvalue weighted by Crippen LogP contribution is -2.42. The molecule has 4 heterocycles. The average Bonchev–Trinajstić information content (AvgIpc) is 3.33. The van der Waals surface area contributed by atoms with Gasteiger partial charge in [0.05, 0.1) is 23.7 Å². The van der Waals surface area contributed by atoms with Crippen LogP contribution in [0.4, 0.5) is 0 Å². The summed E-state index contributed by atoms with van der Waals surface area (Å²) in [6.07, 6.45) is 4.01. The largest absolute Gasteiger partial charge is 0.332 e. The molecule has 1 amide bonds. The van der Waals surface area contributed by atoms with Gasteiger partial charge < -0.3 is 9.88 Å². The van der Waals surface area contributed by atoms with Crippen molar-refractivity contribution in [2.45, 2.75) is 51.2 Å². The molecular formula is C25H28N4O2S. The van der Waals surface area contributed by atoms with E-state index in [1.165, 1.54) is 4.88 Å². The summed E-state index contributed by atoms with van der Waals surface area (Å²) in [7, 11) is 0. The number of aromatic amines is 1. The van der Waals surface area contributed by atoms with Crippen LogP contribution >= 0.6 is 11.3 Å². The zero-order valence-electron chi connectivity index (χ0n) is 18.1. The van der Waals surface area contributed by atoms with Crippen molar-refractivity contribution in [1.82, 2.24) is 19.8 Å². The average molecular weight is 449 g/mol. The molecule has 0 bridgehead atoms. The number of piperidine rings is 1. The van der Waals surface area contributed by atoms with E-state index < -0.39 is 0 Å². The van der Waals surface area contributed by atoms with E-state index in [2.05, 4.69) is 27.4 Å². The number of amides is 1. The van der Waals surface area contributed by atoms with E-state index in [-0.39, 0.29) is 17.5 Å². The molecule has 0 saturated carbocycles. The van der Waals surface area contributed by atoms with Crippen molar-refractivity contribution >= 4 is 17.2 Å². The number of hydrogen-bond acceptors (Lipinski definition) is 5. The van der Waals surface area contributed by atoms with E-state index in [9.17, 15) is 9.59 Å². The summed E-state index contributed by atoms with van der Waals surface area (Å²) in [6.45, 7) is 3.09. The summed E-state index contributed by atoms with van der Waals surface area (Å²) in [5, 5.41) is 2.09. The Bertz CT molecular complexity index is 1130. The molecule has 3 aromatic rings. The third kappa shape index (κ3) is 4.54. The first-order chi connectivity index (χ1) is 15.7. The number of rotatable bonds is 5. The molecule has 2 aromatic heterocycles. The normalized spacial score (nSPS) is 19.0. The first-order valence-corrected chi connectivity index (χ1v) is 12.3. The van der Waals surface area contributed by atoms with Gasteiger partial charge in [0.25, 0.3) is 5.56 Å². The van der Waals surface area contributed by atoms with Crippen LogP contribution < -0.4 is 5.56 Å². The summed E-state index contributed by atoms with van der Waals surface area (Å²) in [6, 6.07) is 13.9. The second-order valence-corrected chi connectivity index (χ2v) is 9.71. The molecule has 1 aromatic carbocycles. The highest BCUT2D eigenvalue weighted by atomic mass is 32.1. The van der Waals surface area contributed by atoms with Gasteiger partial charge in [-0.25, -0.2) is 4.98 Å². The molecule has 32 heavy (non-hydrogen) atoms. The van der Waals surface area contributed by atoms with Crippen molar-refractivity contribution in [1.29, 1.82) is 0 Å². The Balaban J connectivity index is 1.35. The van der Waals surface area contributed by atoms with Crippen molar-refractivity contribution in [3.05, 3.63) is 85.7 Å². The van der Waals surface area contributed by atoms with E-state index in [4.69, 9.17) is 4.98 Å². The number of hydrogen-bond donors (Lipinski definition) is 1. The van der Waals surface area contributed by atoms with Crippen LogP contribution in [0.2, 0.25) is 0 Å². The monoisotopic (exact) mass is 448 g/mol. The molecule has 5 rings (SSSR count). The van der Waals surface area contributed by atoms with E-state index in [0.717, 1.165) is 55.6 Å². The van der Waals surface area contributed by atoms with Gasteiger partial charge in [-0.2, -0.15) is 0 Å². The third-order valence-electron chi connectivity index (χ3n) is 6.46. The summed E-state index contributed by atoms with van der Waals surface area (Å²) < 4.78 is 0. The Kier molecular flexibility index (Phi) is 6.19. The predicted octanol–water partition coefficient (Wildman–Crippen LogP) is 3.69. The van der Waals surface area contributed by atoms with E-state index in [1.807, 2.05) is 35.2 Å². The Morgan fingerprint density at radius 1 is 1.12 bits per heavy atom.